The van der Waals surface area contributed by atoms with Crippen LogP contribution in [0.1, 0.15) is 13.8 Å². The van der Waals surface area contributed by atoms with Gasteiger partial charge in [-0.15, -0.1) is 0 Å². The highest BCUT2D eigenvalue weighted by Crippen LogP contribution is 2.27. The minimum atomic E-state index is -1.48. The molecule has 0 aromatic carbocycles. The molecule has 0 aromatic rings. The van der Waals surface area contributed by atoms with Crippen LogP contribution in [0, 0.1) is 0 Å². The van der Waals surface area contributed by atoms with Gasteiger partial charge in [0, 0.05) is 19.9 Å². The molecule has 0 spiro atoms. The Bertz CT molecular complexity index is 447. The number of hydrogen-bond donors (Lipinski definition) is 2. The lowest BCUT2D eigenvalue weighted by molar-refractivity contribution is -0.296. The molecule has 2 N–H and O–H groups in total. The van der Waals surface area contributed by atoms with Crippen molar-refractivity contribution < 1.29 is 43.5 Å². The van der Waals surface area contributed by atoms with Crippen molar-refractivity contribution in [2.45, 2.75) is 44.6 Å². The third-order valence-electron chi connectivity index (χ3n) is 2.80. The van der Waals surface area contributed by atoms with Gasteiger partial charge in [0.1, 0.15) is 12.2 Å². The summed E-state index contributed by atoms with van der Waals surface area (Å²) in [5, 5.41) is 19.3. The van der Waals surface area contributed by atoms with Gasteiger partial charge in [-0.2, -0.15) is 0 Å². The van der Waals surface area contributed by atoms with Gasteiger partial charge in [0.2, 0.25) is 12.4 Å². The number of carbonyl (C=O) groups excluding carboxylic acids is 3. The molecule has 0 amide bonds. The molecule has 1 heterocycles. The number of aliphatic hydroxyl groups is 2. The Morgan fingerprint density at radius 1 is 1.14 bits per heavy atom. The first-order chi connectivity index (χ1) is 10.3. The Hall–Kier alpha value is -1.97. The molecular formula is C13H18O9. The van der Waals surface area contributed by atoms with Crippen molar-refractivity contribution >= 4 is 17.9 Å². The fourth-order valence-electron chi connectivity index (χ4n) is 1.94. The van der Waals surface area contributed by atoms with Crippen LogP contribution in [0.15, 0.2) is 12.7 Å². The van der Waals surface area contributed by atoms with E-state index in [9.17, 15) is 24.6 Å². The van der Waals surface area contributed by atoms with Crippen LogP contribution >= 0.6 is 0 Å². The Morgan fingerprint density at radius 2 is 1.68 bits per heavy atom. The van der Waals surface area contributed by atoms with E-state index >= 15 is 0 Å². The number of esters is 3. The smallest absolute Gasteiger partial charge is 0.332 e. The zero-order valence-corrected chi connectivity index (χ0v) is 12.1. The number of aliphatic hydroxyl groups excluding tert-OH is 2. The van der Waals surface area contributed by atoms with Gasteiger partial charge < -0.3 is 29.2 Å². The average Bonchev–Trinajstić information content (AvgIpc) is 2.44. The first-order valence-corrected chi connectivity index (χ1v) is 6.42. The van der Waals surface area contributed by atoms with E-state index in [0.29, 0.717) is 0 Å². The normalized spacial score (nSPS) is 31.0. The number of rotatable bonds is 5. The van der Waals surface area contributed by atoms with Crippen LogP contribution in [0.3, 0.4) is 0 Å². The summed E-state index contributed by atoms with van der Waals surface area (Å²) in [6.45, 7) is 4.75. The molecule has 1 aliphatic rings. The average molecular weight is 318 g/mol. The minimum Gasteiger partial charge on any atom is -0.455 e. The van der Waals surface area contributed by atoms with Gasteiger partial charge in [0.15, 0.2) is 6.10 Å². The summed E-state index contributed by atoms with van der Waals surface area (Å²) in [6.07, 6.45) is -6.04. The monoisotopic (exact) mass is 318 g/mol. The predicted molar refractivity (Wildman–Crippen MR) is 69.2 cm³/mol. The molecule has 9 heteroatoms. The SMILES string of the molecule is C=CC(=O)O[C@@H]1O[C@H](CO)[C@@H](O)[C@H](OC(C)=O)[C@H]1OC(C)=O. The van der Waals surface area contributed by atoms with Gasteiger partial charge in [0.25, 0.3) is 0 Å². The number of hydrogen-bond acceptors (Lipinski definition) is 9. The Kier molecular flexibility index (Phi) is 6.47. The maximum Gasteiger partial charge on any atom is 0.332 e. The van der Waals surface area contributed by atoms with Gasteiger partial charge >= 0.3 is 17.9 Å². The lowest BCUT2D eigenvalue weighted by Gasteiger charge is -2.41. The molecule has 0 saturated carbocycles. The molecule has 1 aliphatic heterocycles. The molecule has 9 nitrogen and oxygen atoms in total. The van der Waals surface area contributed by atoms with Gasteiger partial charge in [0.05, 0.1) is 6.61 Å². The third kappa shape index (κ3) is 4.52. The fourth-order valence-corrected chi connectivity index (χ4v) is 1.94. The topological polar surface area (TPSA) is 129 Å². The van der Waals surface area contributed by atoms with E-state index in [4.69, 9.17) is 18.9 Å². The quantitative estimate of drug-likeness (QED) is 0.359. The highest BCUT2D eigenvalue weighted by Gasteiger charge is 2.50. The molecule has 1 saturated heterocycles. The van der Waals surface area contributed by atoms with E-state index in [2.05, 4.69) is 6.58 Å². The van der Waals surface area contributed by atoms with Crippen LogP contribution in [0.25, 0.3) is 0 Å². The second-order valence-electron chi connectivity index (χ2n) is 4.51. The van der Waals surface area contributed by atoms with E-state index in [0.717, 1.165) is 19.9 Å². The van der Waals surface area contributed by atoms with Crippen molar-refractivity contribution in [1.29, 1.82) is 0 Å². The van der Waals surface area contributed by atoms with Crippen molar-refractivity contribution in [2.75, 3.05) is 6.61 Å². The second kappa shape index (κ2) is 7.87. The zero-order valence-electron chi connectivity index (χ0n) is 12.1. The molecule has 0 aromatic heterocycles. The van der Waals surface area contributed by atoms with Crippen LogP contribution in [0.5, 0.6) is 0 Å². The van der Waals surface area contributed by atoms with Crippen LogP contribution in [0.2, 0.25) is 0 Å². The van der Waals surface area contributed by atoms with Crippen molar-refractivity contribution in [1.82, 2.24) is 0 Å². The molecule has 1 rings (SSSR count). The van der Waals surface area contributed by atoms with Crippen LogP contribution in [-0.2, 0) is 33.3 Å². The molecule has 0 radical (unpaired) electrons. The summed E-state index contributed by atoms with van der Waals surface area (Å²) < 4.78 is 19.9. The summed E-state index contributed by atoms with van der Waals surface area (Å²) in [6, 6.07) is 0. The molecular weight excluding hydrogens is 300 g/mol. The Labute approximate surface area is 126 Å². The van der Waals surface area contributed by atoms with Crippen molar-refractivity contribution in [3.05, 3.63) is 12.7 Å². The second-order valence-corrected chi connectivity index (χ2v) is 4.51. The van der Waals surface area contributed by atoms with Gasteiger partial charge in [-0.05, 0) is 0 Å². The van der Waals surface area contributed by atoms with Crippen molar-refractivity contribution in [3.8, 4) is 0 Å². The predicted octanol–water partition coefficient (Wildman–Crippen LogP) is -1.34. The summed E-state index contributed by atoms with van der Waals surface area (Å²) in [5.74, 6) is -2.40. The van der Waals surface area contributed by atoms with E-state index < -0.39 is 55.2 Å². The van der Waals surface area contributed by atoms with Gasteiger partial charge in [-0.25, -0.2) is 4.79 Å². The number of carbonyl (C=O) groups is 3. The highest BCUT2D eigenvalue weighted by atomic mass is 16.7. The molecule has 0 bridgehead atoms. The molecule has 0 unspecified atom stereocenters. The highest BCUT2D eigenvalue weighted by molar-refractivity contribution is 5.81. The van der Waals surface area contributed by atoms with E-state index in [-0.39, 0.29) is 0 Å². The Morgan fingerprint density at radius 3 is 2.14 bits per heavy atom. The first kappa shape index (κ1) is 18.1. The standard InChI is InChI=1S/C13H18O9/c1-4-9(17)22-13-12(20-7(3)16)11(19-6(2)15)10(18)8(5-14)21-13/h4,8,10-14,18H,1,5H2,2-3H3/t8-,10-,11+,12-,13+/m1/s1. The maximum absolute atomic E-state index is 11.3. The van der Waals surface area contributed by atoms with Gasteiger partial charge in [-0.3, -0.25) is 9.59 Å². The van der Waals surface area contributed by atoms with Crippen molar-refractivity contribution in [2.24, 2.45) is 0 Å². The van der Waals surface area contributed by atoms with E-state index in [1.165, 1.54) is 0 Å². The number of ether oxygens (including phenoxy) is 4. The van der Waals surface area contributed by atoms with Crippen LogP contribution in [-0.4, -0.2) is 65.4 Å². The Balaban J connectivity index is 3.08. The molecule has 0 aliphatic carbocycles. The largest absolute Gasteiger partial charge is 0.455 e. The van der Waals surface area contributed by atoms with E-state index in [1.807, 2.05) is 0 Å². The van der Waals surface area contributed by atoms with E-state index in [1.54, 1.807) is 0 Å². The lowest BCUT2D eigenvalue weighted by atomic mass is 9.98. The van der Waals surface area contributed by atoms with Crippen LogP contribution in [0.4, 0.5) is 0 Å². The zero-order chi connectivity index (χ0) is 16.9. The maximum atomic E-state index is 11.3. The summed E-state index contributed by atoms with van der Waals surface area (Å²) >= 11 is 0. The lowest BCUT2D eigenvalue weighted by Crippen LogP contribution is -2.61. The fraction of sp³-hybridized carbons (Fsp3) is 0.615. The summed E-state index contributed by atoms with van der Waals surface area (Å²) in [7, 11) is 0. The summed E-state index contributed by atoms with van der Waals surface area (Å²) in [4.78, 5) is 33.7. The molecule has 1 fully saturated rings. The molecule has 5 atom stereocenters. The third-order valence-corrected chi connectivity index (χ3v) is 2.80. The van der Waals surface area contributed by atoms with Crippen molar-refractivity contribution in [3.63, 3.8) is 0 Å². The summed E-state index contributed by atoms with van der Waals surface area (Å²) in [5.41, 5.74) is 0. The minimum absolute atomic E-state index is 0.631. The molecule has 22 heavy (non-hydrogen) atoms. The molecule has 124 valence electrons. The van der Waals surface area contributed by atoms with Gasteiger partial charge in [-0.1, -0.05) is 6.58 Å². The van der Waals surface area contributed by atoms with Crippen LogP contribution < -0.4 is 0 Å². The first-order valence-electron chi connectivity index (χ1n) is 6.42.